The zero-order chi connectivity index (χ0) is 18.9. The maximum absolute atomic E-state index is 12.0. The standard InChI is InChI=1S/C20H22N2O4/c1-2-21-19(24)16-8-5-15(6-9-16)13-22-18(23)12-7-14-3-10-17(11-4-14)20(25)26/h3-6,8-11H,2,7,12-13H2,1H3,(H,21,24)(H,22,23)(H,25,26). The van der Waals surface area contributed by atoms with Gasteiger partial charge in [-0.2, -0.15) is 0 Å². The number of carbonyl (C=O) groups is 3. The molecule has 2 amide bonds. The Kier molecular flexibility index (Phi) is 6.91. The van der Waals surface area contributed by atoms with E-state index in [2.05, 4.69) is 10.6 Å². The molecule has 0 saturated heterocycles. The second-order valence-electron chi connectivity index (χ2n) is 5.84. The first-order chi connectivity index (χ1) is 12.5. The van der Waals surface area contributed by atoms with E-state index in [4.69, 9.17) is 5.11 Å². The number of carboxylic acid groups (broad SMARTS) is 1. The van der Waals surface area contributed by atoms with E-state index in [-0.39, 0.29) is 17.4 Å². The molecule has 0 fully saturated rings. The number of aryl methyl sites for hydroxylation is 1. The molecule has 0 unspecified atom stereocenters. The van der Waals surface area contributed by atoms with Gasteiger partial charge in [0.2, 0.25) is 5.91 Å². The smallest absolute Gasteiger partial charge is 0.335 e. The van der Waals surface area contributed by atoms with E-state index in [0.29, 0.717) is 31.5 Å². The van der Waals surface area contributed by atoms with Crippen LogP contribution in [0.5, 0.6) is 0 Å². The third-order valence-corrected chi connectivity index (χ3v) is 3.88. The summed E-state index contributed by atoms with van der Waals surface area (Å²) in [6.45, 7) is 2.84. The summed E-state index contributed by atoms with van der Waals surface area (Å²) >= 11 is 0. The molecule has 0 spiro atoms. The molecule has 0 radical (unpaired) electrons. The fourth-order valence-corrected chi connectivity index (χ4v) is 2.40. The summed E-state index contributed by atoms with van der Waals surface area (Å²) in [5.74, 6) is -1.16. The van der Waals surface area contributed by atoms with Crippen molar-refractivity contribution in [2.24, 2.45) is 0 Å². The molecular formula is C20H22N2O4. The van der Waals surface area contributed by atoms with Crippen molar-refractivity contribution in [3.63, 3.8) is 0 Å². The third kappa shape index (κ3) is 5.73. The number of carboxylic acids is 1. The summed E-state index contributed by atoms with van der Waals surface area (Å²) < 4.78 is 0. The van der Waals surface area contributed by atoms with Crippen LogP contribution in [-0.4, -0.2) is 29.4 Å². The number of aromatic carboxylic acids is 1. The fraction of sp³-hybridized carbons (Fsp3) is 0.250. The summed E-state index contributed by atoms with van der Waals surface area (Å²) in [5.41, 5.74) is 2.65. The molecule has 0 aliphatic carbocycles. The largest absolute Gasteiger partial charge is 0.478 e. The van der Waals surface area contributed by atoms with Gasteiger partial charge in [-0.25, -0.2) is 4.79 Å². The summed E-state index contributed by atoms with van der Waals surface area (Å²) in [6, 6.07) is 13.6. The predicted octanol–water partition coefficient (Wildman–Crippen LogP) is 2.38. The van der Waals surface area contributed by atoms with Gasteiger partial charge >= 0.3 is 5.97 Å². The Morgan fingerprint density at radius 1 is 0.846 bits per heavy atom. The van der Waals surface area contributed by atoms with Gasteiger partial charge in [0.05, 0.1) is 5.56 Å². The highest BCUT2D eigenvalue weighted by Gasteiger charge is 2.06. The van der Waals surface area contributed by atoms with Crippen LogP contribution in [0.25, 0.3) is 0 Å². The van der Waals surface area contributed by atoms with Crippen molar-refractivity contribution in [1.29, 1.82) is 0 Å². The summed E-state index contributed by atoms with van der Waals surface area (Å²) in [4.78, 5) is 34.4. The molecule has 136 valence electrons. The lowest BCUT2D eigenvalue weighted by Gasteiger charge is -2.07. The van der Waals surface area contributed by atoms with Gasteiger partial charge < -0.3 is 15.7 Å². The van der Waals surface area contributed by atoms with E-state index in [1.807, 2.05) is 19.1 Å². The maximum atomic E-state index is 12.0. The van der Waals surface area contributed by atoms with Gasteiger partial charge in [0.1, 0.15) is 0 Å². The highest BCUT2D eigenvalue weighted by molar-refractivity contribution is 5.94. The zero-order valence-corrected chi connectivity index (χ0v) is 14.6. The molecule has 2 aromatic rings. The Bertz CT molecular complexity index is 767. The molecule has 0 heterocycles. The van der Waals surface area contributed by atoms with Crippen LogP contribution in [0.15, 0.2) is 48.5 Å². The van der Waals surface area contributed by atoms with Gasteiger partial charge in [0, 0.05) is 25.1 Å². The molecule has 6 heteroatoms. The molecule has 0 aromatic heterocycles. The first-order valence-electron chi connectivity index (χ1n) is 8.45. The van der Waals surface area contributed by atoms with Crippen LogP contribution in [0.4, 0.5) is 0 Å². The minimum Gasteiger partial charge on any atom is -0.478 e. The van der Waals surface area contributed by atoms with Gasteiger partial charge in [-0.15, -0.1) is 0 Å². The minimum atomic E-state index is -0.965. The molecule has 2 rings (SSSR count). The van der Waals surface area contributed by atoms with Crippen LogP contribution in [0, 0.1) is 0 Å². The van der Waals surface area contributed by atoms with Gasteiger partial charge in [-0.05, 0) is 48.7 Å². The molecule has 0 bridgehead atoms. The lowest BCUT2D eigenvalue weighted by atomic mass is 10.1. The van der Waals surface area contributed by atoms with Crippen molar-refractivity contribution in [1.82, 2.24) is 10.6 Å². The van der Waals surface area contributed by atoms with Crippen molar-refractivity contribution in [3.8, 4) is 0 Å². The lowest BCUT2D eigenvalue weighted by Crippen LogP contribution is -2.24. The Labute approximate surface area is 152 Å². The number of amides is 2. The quantitative estimate of drug-likeness (QED) is 0.678. The number of carbonyl (C=O) groups excluding carboxylic acids is 2. The van der Waals surface area contributed by atoms with E-state index in [9.17, 15) is 14.4 Å². The van der Waals surface area contributed by atoms with Crippen molar-refractivity contribution >= 4 is 17.8 Å². The Balaban J connectivity index is 1.77. The van der Waals surface area contributed by atoms with E-state index in [0.717, 1.165) is 11.1 Å². The first-order valence-corrected chi connectivity index (χ1v) is 8.45. The average Bonchev–Trinajstić information content (AvgIpc) is 2.65. The number of nitrogens with one attached hydrogen (secondary N) is 2. The van der Waals surface area contributed by atoms with Crippen molar-refractivity contribution < 1.29 is 19.5 Å². The van der Waals surface area contributed by atoms with Gasteiger partial charge in [0.15, 0.2) is 0 Å². The normalized spacial score (nSPS) is 10.2. The molecule has 0 atom stereocenters. The lowest BCUT2D eigenvalue weighted by molar-refractivity contribution is -0.121. The van der Waals surface area contributed by atoms with Crippen LogP contribution in [0.1, 0.15) is 45.2 Å². The van der Waals surface area contributed by atoms with Crippen molar-refractivity contribution in [3.05, 3.63) is 70.8 Å². The zero-order valence-electron chi connectivity index (χ0n) is 14.6. The van der Waals surface area contributed by atoms with Gasteiger partial charge in [-0.3, -0.25) is 9.59 Å². The Morgan fingerprint density at radius 2 is 1.42 bits per heavy atom. The topological polar surface area (TPSA) is 95.5 Å². The molecule has 0 saturated carbocycles. The average molecular weight is 354 g/mol. The molecule has 3 N–H and O–H groups in total. The summed E-state index contributed by atoms with van der Waals surface area (Å²) in [6.07, 6.45) is 0.866. The second kappa shape index (κ2) is 9.36. The molecule has 26 heavy (non-hydrogen) atoms. The number of rotatable bonds is 8. The molecule has 2 aromatic carbocycles. The maximum Gasteiger partial charge on any atom is 0.335 e. The summed E-state index contributed by atoms with van der Waals surface area (Å²) in [5, 5.41) is 14.4. The van der Waals surface area contributed by atoms with Gasteiger partial charge in [-0.1, -0.05) is 24.3 Å². The van der Waals surface area contributed by atoms with E-state index >= 15 is 0 Å². The number of benzene rings is 2. The van der Waals surface area contributed by atoms with Crippen molar-refractivity contribution in [2.45, 2.75) is 26.3 Å². The number of hydrogen-bond donors (Lipinski definition) is 3. The number of hydrogen-bond acceptors (Lipinski definition) is 3. The highest BCUT2D eigenvalue weighted by Crippen LogP contribution is 2.08. The fourth-order valence-electron chi connectivity index (χ4n) is 2.40. The molecular weight excluding hydrogens is 332 g/mol. The predicted molar refractivity (Wildman–Crippen MR) is 98.0 cm³/mol. The van der Waals surface area contributed by atoms with Crippen molar-refractivity contribution in [2.75, 3.05) is 6.54 Å². The molecule has 6 nitrogen and oxygen atoms in total. The SMILES string of the molecule is CCNC(=O)c1ccc(CNC(=O)CCc2ccc(C(=O)O)cc2)cc1. The van der Waals surface area contributed by atoms with E-state index < -0.39 is 5.97 Å². The highest BCUT2D eigenvalue weighted by atomic mass is 16.4. The second-order valence-corrected chi connectivity index (χ2v) is 5.84. The monoisotopic (exact) mass is 354 g/mol. The molecule has 0 aliphatic heterocycles. The molecule has 0 aliphatic rings. The van der Waals surface area contributed by atoms with E-state index in [1.165, 1.54) is 12.1 Å². The first kappa shape index (κ1) is 19.2. The summed E-state index contributed by atoms with van der Waals surface area (Å²) in [7, 11) is 0. The van der Waals surface area contributed by atoms with Crippen LogP contribution in [0.2, 0.25) is 0 Å². The van der Waals surface area contributed by atoms with Crippen LogP contribution in [-0.2, 0) is 17.8 Å². The van der Waals surface area contributed by atoms with Crippen LogP contribution >= 0.6 is 0 Å². The van der Waals surface area contributed by atoms with E-state index in [1.54, 1.807) is 24.3 Å². The third-order valence-electron chi connectivity index (χ3n) is 3.88. The van der Waals surface area contributed by atoms with Crippen LogP contribution < -0.4 is 10.6 Å². The van der Waals surface area contributed by atoms with Crippen LogP contribution in [0.3, 0.4) is 0 Å². The minimum absolute atomic E-state index is 0.0832. The van der Waals surface area contributed by atoms with Gasteiger partial charge in [0.25, 0.3) is 5.91 Å². The Hall–Kier alpha value is -3.15. The Morgan fingerprint density at radius 3 is 2.00 bits per heavy atom.